The topological polar surface area (TPSA) is 72.8 Å². The fourth-order valence-corrected chi connectivity index (χ4v) is 4.48. The smallest absolute Gasteiger partial charge is 0.263 e. The molecule has 32 heavy (non-hydrogen) atoms. The van der Waals surface area contributed by atoms with Gasteiger partial charge in [0.2, 0.25) is 0 Å². The lowest BCUT2D eigenvalue weighted by Crippen LogP contribution is -2.40. The van der Waals surface area contributed by atoms with Gasteiger partial charge in [-0.15, -0.1) is 12.4 Å². The lowest BCUT2D eigenvalue weighted by molar-refractivity contribution is 0.0717. The van der Waals surface area contributed by atoms with Gasteiger partial charge in [-0.25, -0.2) is 0 Å². The predicted octanol–water partition coefficient (Wildman–Crippen LogP) is 3.01. The van der Waals surface area contributed by atoms with Crippen molar-refractivity contribution in [2.75, 3.05) is 33.4 Å². The minimum absolute atomic E-state index is 0. The number of amides is 1. The summed E-state index contributed by atoms with van der Waals surface area (Å²) in [5.41, 5.74) is 1.68. The van der Waals surface area contributed by atoms with Crippen molar-refractivity contribution < 1.29 is 14.3 Å². The SMILES string of the molecule is COc1cccc2c1OCCCN(C(=O)c1c(C)ccn(CC3CCCNC3)c1=O)C2.Cl. The molecule has 1 saturated heterocycles. The molecule has 4 rings (SSSR count). The zero-order valence-electron chi connectivity index (χ0n) is 18.8. The van der Waals surface area contributed by atoms with Crippen LogP contribution in [0.3, 0.4) is 0 Å². The van der Waals surface area contributed by atoms with Crippen molar-refractivity contribution >= 4 is 18.3 Å². The van der Waals surface area contributed by atoms with Gasteiger partial charge in [0.15, 0.2) is 11.5 Å². The van der Waals surface area contributed by atoms with E-state index in [4.69, 9.17) is 9.47 Å². The first kappa shape index (κ1) is 24.1. The maximum absolute atomic E-state index is 13.5. The number of benzene rings is 1. The van der Waals surface area contributed by atoms with Crippen molar-refractivity contribution in [2.24, 2.45) is 5.92 Å². The van der Waals surface area contributed by atoms with Gasteiger partial charge < -0.3 is 24.3 Å². The zero-order valence-corrected chi connectivity index (χ0v) is 19.6. The molecule has 2 aromatic rings. The Morgan fingerprint density at radius 2 is 2.12 bits per heavy atom. The predicted molar refractivity (Wildman–Crippen MR) is 126 cm³/mol. The van der Waals surface area contributed by atoms with Gasteiger partial charge in [0, 0.05) is 31.4 Å². The molecule has 0 spiro atoms. The van der Waals surface area contributed by atoms with E-state index in [2.05, 4.69) is 5.32 Å². The molecule has 2 aliphatic heterocycles. The summed E-state index contributed by atoms with van der Waals surface area (Å²) in [6, 6.07) is 7.57. The van der Waals surface area contributed by atoms with E-state index in [1.807, 2.05) is 37.4 Å². The molecule has 1 unspecified atom stereocenters. The maximum Gasteiger partial charge on any atom is 0.263 e. The number of ether oxygens (including phenoxy) is 2. The fraction of sp³-hybridized carbons (Fsp3) is 0.500. The van der Waals surface area contributed by atoms with Crippen LogP contribution in [0.5, 0.6) is 11.5 Å². The average Bonchev–Trinajstić information content (AvgIpc) is 2.76. The molecule has 8 heteroatoms. The van der Waals surface area contributed by atoms with Crippen LogP contribution in [0.15, 0.2) is 35.3 Å². The van der Waals surface area contributed by atoms with E-state index >= 15 is 0 Å². The standard InChI is InChI=1S/C24H31N3O4.ClH/c1-17-9-12-27(15-18-6-4-10-25-14-18)24(29)21(17)23(28)26-11-5-13-31-22-19(16-26)7-3-8-20(22)30-2;/h3,7-9,12,18,25H,4-6,10-11,13-16H2,1-2H3;1H. The summed E-state index contributed by atoms with van der Waals surface area (Å²) in [4.78, 5) is 28.6. The van der Waals surface area contributed by atoms with Crippen LogP contribution in [0.2, 0.25) is 0 Å². The van der Waals surface area contributed by atoms with Gasteiger partial charge in [0.1, 0.15) is 5.56 Å². The number of fused-ring (bicyclic) bond motifs is 1. The molecule has 1 aromatic carbocycles. The summed E-state index contributed by atoms with van der Waals surface area (Å²) in [5.74, 6) is 1.53. The van der Waals surface area contributed by atoms with E-state index in [1.54, 1.807) is 16.6 Å². The number of carbonyl (C=O) groups excluding carboxylic acids is 1. The largest absolute Gasteiger partial charge is 0.493 e. The number of halogens is 1. The van der Waals surface area contributed by atoms with Gasteiger partial charge in [-0.3, -0.25) is 9.59 Å². The van der Waals surface area contributed by atoms with Gasteiger partial charge in [0.25, 0.3) is 11.5 Å². The first-order valence-electron chi connectivity index (χ1n) is 11.1. The fourth-order valence-electron chi connectivity index (χ4n) is 4.48. The highest BCUT2D eigenvalue weighted by atomic mass is 35.5. The number of piperidine rings is 1. The van der Waals surface area contributed by atoms with Gasteiger partial charge >= 0.3 is 0 Å². The van der Waals surface area contributed by atoms with E-state index in [9.17, 15) is 9.59 Å². The molecule has 0 saturated carbocycles. The van der Waals surface area contributed by atoms with Crippen LogP contribution in [-0.2, 0) is 13.1 Å². The van der Waals surface area contributed by atoms with Crippen molar-refractivity contribution in [3.8, 4) is 11.5 Å². The highest BCUT2D eigenvalue weighted by Gasteiger charge is 2.26. The lowest BCUT2D eigenvalue weighted by atomic mass is 9.99. The third-order valence-electron chi connectivity index (χ3n) is 6.19. The molecule has 1 fully saturated rings. The first-order chi connectivity index (χ1) is 15.1. The molecule has 174 valence electrons. The third-order valence-corrected chi connectivity index (χ3v) is 6.19. The quantitative estimate of drug-likeness (QED) is 0.757. The van der Waals surface area contributed by atoms with Crippen molar-refractivity contribution in [3.63, 3.8) is 0 Å². The number of carbonyl (C=O) groups is 1. The normalized spacial score (nSPS) is 18.4. The van der Waals surface area contributed by atoms with E-state index in [0.29, 0.717) is 50.1 Å². The molecule has 0 aliphatic carbocycles. The highest BCUT2D eigenvalue weighted by Crippen LogP contribution is 2.33. The minimum atomic E-state index is -0.214. The van der Waals surface area contributed by atoms with Crippen molar-refractivity contribution in [1.82, 2.24) is 14.8 Å². The van der Waals surface area contributed by atoms with Crippen LogP contribution in [0.25, 0.3) is 0 Å². The summed E-state index contributed by atoms with van der Waals surface area (Å²) in [5, 5.41) is 3.39. The Bertz CT molecular complexity index is 1000. The molecule has 2 aliphatic rings. The van der Waals surface area contributed by atoms with E-state index < -0.39 is 0 Å². The Hall–Kier alpha value is -2.51. The molecular weight excluding hydrogens is 430 g/mol. The Morgan fingerprint density at radius 3 is 2.88 bits per heavy atom. The van der Waals surface area contributed by atoms with Crippen LogP contribution in [0.4, 0.5) is 0 Å². The number of nitrogens with one attached hydrogen (secondary N) is 1. The van der Waals surface area contributed by atoms with Gasteiger partial charge in [-0.2, -0.15) is 0 Å². The highest BCUT2D eigenvalue weighted by molar-refractivity contribution is 5.95. The second-order valence-corrected chi connectivity index (χ2v) is 8.42. The second kappa shape index (κ2) is 10.9. The molecule has 1 N–H and O–H groups in total. The molecule has 1 aromatic heterocycles. The van der Waals surface area contributed by atoms with Crippen LogP contribution < -0.4 is 20.3 Å². The Labute approximate surface area is 195 Å². The van der Waals surface area contributed by atoms with Crippen LogP contribution >= 0.6 is 12.4 Å². The number of aryl methyl sites for hydroxylation is 1. The molecule has 1 atom stereocenters. The van der Waals surface area contributed by atoms with E-state index in [-0.39, 0.29) is 29.4 Å². The van der Waals surface area contributed by atoms with Gasteiger partial charge in [-0.1, -0.05) is 12.1 Å². The Balaban J connectivity index is 0.00000289. The van der Waals surface area contributed by atoms with Crippen LogP contribution in [0, 0.1) is 12.8 Å². The number of nitrogens with zero attached hydrogens (tertiary/aromatic N) is 2. The third kappa shape index (κ3) is 5.10. The number of aromatic nitrogens is 1. The second-order valence-electron chi connectivity index (χ2n) is 8.42. The van der Waals surface area contributed by atoms with Crippen LogP contribution in [0.1, 0.15) is 40.7 Å². The number of pyridine rings is 1. The average molecular weight is 462 g/mol. The number of hydrogen-bond donors (Lipinski definition) is 1. The number of methoxy groups -OCH3 is 1. The first-order valence-corrected chi connectivity index (χ1v) is 11.1. The summed E-state index contributed by atoms with van der Waals surface area (Å²) in [6.07, 6.45) is 4.73. The van der Waals surface area contributed by atoms with Crippen LogP contribution in [-0.4, -0.2) is 48.7 Å². The summed E-state index contributed by atoms with van der Waals surface area (Å²) in [6.45, 7) is 5.83. The van der Waals surface area contributed by atoms with Gasteiger partial charge in [0.05, 0.1) is 13.7 Å². The lowest BCUT2D eigenvalue weighted by Gasteiger charge is -2.28. The summed E-state index contributed by atoms with van der Waals surface area (Å²) in [7, 11) is 1.61. The number of hydrogen-bond acceptors (Lipinski definition) is 5. The number of rotatable bonds is 4. The van der Waals surface area contributed by atoms with E-state index in [1.165, 1.54) is 0 Å². The summed E-state index contributed by atoms with van der Waals surface area (Å²) < 4.78 is 13.0. The van der Waals surface area contributed by atoms with Crippen molar-refractivity contribution in [2.45, 2.75) is 39.3 Å². The Morgan fingerprint density at radius 1 is 1.28 bits per heavy atom. The van der Waals surface area contributed by atoms with Crippen molar-refractivity contribution in [1.29, 1.82) is 0 Å². The molecule has 0 bridgehead atoms. The number of para-hydroxylation sites is 1. The molecule has 3 heterocycles. The maximum atomic E-state index is 13.5. The Kier molecular flexibility index (Phi) is 8.21. The molecular formula is C24H32ClN3O4. The minimum Gasteiger partial charge on any atom is -0.493 e. The van der Waals surface area contributed by atoms with E-state index in [0.717, 1.165) is 37.1 Å². The molecule has 0 radical (unpaired) electrons. The van der Waals surface area contributed by atoms with Crippen molar-refractivity contribution in [3.05, 3.63) is 57.5 Å². The monoisotopic (exact) mass is 461 g/mol. The zero-order chi connectivity index (χ0) is 21.8. The summed E-state index contributed by atoms with van der Waals surface area (Å²) >= 11 is 0. The van der Waals surface area contributed by atoms with Gasteiger partial charge in [-0.05, 0) is 62.9 Å². The molecule has 1 amide bonds. The molecule has 7 nitrogen and oxygen atoms in total.